The van der Waals surface area contributed by atoms with E-state index >= 15 is 0 Å². The van der Waals surface area contributed by atoms with Crippen LogP contribution in [-0.4, -0.2) is 25.4 Å². The van der Waals surface area contributed by atoms with Gasteiger partial charge in [-0.1, -0.05) is 0 Å². The third-order valence-corrected chi connectivity index (χ3v) is 1.95. The summed E-state index contributed by atoms with van der Waals surface area (Å²) in [5, 5.41) is 13.2. The standard InChI is InChI=1S/C7H7BrN6/c8-6-3-11-7(4-9-6)10-1-5-2-12-14-13-5/h2-4H,1H2,(H,10,11)(H,12,13,14). The molecule has 0 bridgehead atoms. The summed E-state index contributed by atoms with van der Waals surface area (Å²) in [4.78, 5) is 8.13. The molecular formula is C7H7BrN6. The number of nitrogens with zero attached hydrogens (tertiary/aromatic N) is 4. The molecule has 0 aromatic carbocycles. The molecule has 0 aliphatic rings. The highest BCUT2D eigenvalue weighted by atomic mass is 79.9. The lowest BCUT2D eigenvalue weighted by atomic mass is 10.5. The van der Waals surface area contributed by atoms with Crippen molar-refractivity contribution in [2.24, 2.45) is 0 Å². The molecule has 2 N–H and O–H groups in total. The summed E-state index contributed by atoms with van der Waals surface area (Å²) >= 11 is 3.21. The Hall–Kier alpha value is -1.50. The molecule has 2 aromatic rings. The van der Waals surface area contributed by atoms with E-state index in [-0.39, 0.29) is 0 Å². The van der Waals surface area contributed by atoms with Gasteiger partial charge in [-0.25, -0.2) is 9.97 Å². The van der Waals surface area contributed by atoms with Gasteiger partial charge in [0, 0.05) is 0 Å². The summed E-state index contributed by atoms with van der Waals surface area (Å²) in [7, 11) is 0. The molecule has 0 radical (unpaired) electrons. The first kappa shape index (κ1) is 9.07. The molecule has 6 nitrogen and oxygen atoms in total. The van der Waals surface area contributed by atoms with Crippen LogP contribution in [0.1, 0.15) is 5.69 Å². The van der Waals surface area contributed by atoms with Gasteiger partial charge in [0.2, 0.25) is 0 Å². The fraction of sp³-hybridized carbons (Fsp3) is 0.143. The number of nitrogens with one attached hydrogen (secondary N) is 2. The molecule has 0 saturated heterocycles. The Kier molecular flexibility index (Phi) is 2.68. The van der Waals surface area contributed by atoms with Gasteiger partial charge in [-0.2, -0.15) is 15.4 Å². The highest BCUT2D eigenvalue weighted by molar-refractivity contribution is 9.10. The van der Waals surface area contributed by atoms with E-state index in [4.69, 9.17) is 0 Å². The van der Waals surface area contributed by atoms with Crippen molar-refractivity contribution in [2.45, 2.75) is 6.54 Å². The molecule has 7 heteroatoms. The van der Waals surface area contributed by atoms with Crippen molar-refractivity contribution in [3.8, 4) is 0 Å². The van der Waals surface area contributed by atoms with Crippen molar-refractivity contribution in [3.63, 3.8) is 0 Å². The van der Waals surface area contributed by atoms with E-state index in [1.807, 2.05) is 0 Å². The van der Waals surface area contributed by atoms with Crippen LogP contribution >= 0.6 is 15.9 Å². The fourth-order valence-corrected chi connectivity index (χ4v) is 1.10. The third-order valence-electron chi connectivity index (χ3n) is 1.54. The average Bonchev–Trinajstić information content (AvgIpc) is 2.70. The van der Waals surface area contributed by atoms with Crippen LogP contribution in [-0.2, 0) is 6.54 Å². The largest absolute Gasteiger partial charge is 0.363 e. The van der Waals surface area contributed by atoms with Crippen molar-refractivity contribution >= 4 is 21.7 Å². The second kappa shape index (κ2) is 4.14. The maximum absolute atomic E-state index is 4.10. The lowest BCUT2D eigenvalue weighted by molar-refractivity contribution is 0.908. The van der Waals surface area contributed by atoms with Crippen LogP contribution in [0.25, 0.3) is 0 Å². The molecule has 2 heterocycles. The monoisotopic (exact) mass is 254 g/mol. The Bertz CT molecular complexity index is 383. The zero-order valence-corrected chi connectivity index (χ0v) is 8.69. The number of aromatic amines is 1. The van der Waals surface area contributed by atoms with Gasteiger partial charge in [0.1, 0.15) is 16.1 Å². The molecule has 0 unspecified atom stereocenters. The van der Waals surface area contributed by atoms with E-state index in [2.05, 4.69) is 46.6 Å². The molecule has 0 aliphatic carbocycles. The first-order valence-corrected chi connectivity index (χ1v) is 4.70. The second-order valence-corrected chi connectivity index (χ2v) is 3.35. The van der Waals surface area contributed by atoms with Gasteiger partial charge < -0.3 is 5.32 Å². The molecule has 14 heavy (non-hydrogen) atoms. The molecular weight excluding hydrogens is 248 g/mol. The Morgan fingerprint density at radius 2 is 2.21 bits per heavy atom. The summed E-state index contributed by atoms with van der Waals surface area (Å²) in [5.41, 5.74) is 0.828. The number of hydrogen-bond acceptors (Lipinski definition) is 5. The smallest absolute Gasteiger partial charge is 0.144 e. The summed E-state index contributed by atoms with van der Waals surface area (Å²) in [5.74, 6) is 0.705. The number of anilines is 1. The number of rotatable bonds is 3. The molecule has 0 spiro atoms. The van der Waals surface area contributed by atoms with Gasteiger partial charge in [0.25, 0.3) is 0 Å². The number of H-pyrrole nitrogens is 1. The van der Waals surface area contributed by atoms with Gasteiger partial charge in [0.15, 0.2) is 0 Å². The van der Waals surface area contributed by atoms with Crippen molar-refractivity contribution in [3.05, 3.63) is 28.9 Å². The quantitative estimate of drug-likeness (QED) is 0.854. The van der Waals surface area contributed by atoms with E-state index < -0.39 is 0 Å². The minimum Gasteiger partial charge on any atom is -0.363 e. The van der Waals surface area contributed by atoms with Gasteiger partial charge in [0.05, 0.1) is 25.1 Å². The minimum atomic E-state index is 0.576. The Morgan fingerprint density at radius 3 is 2.86 bits per heavy atom. The molecule has 0 fully saturated rings. The fourth-order valence-electron chi connectivity index (χ4n) is 0.895. The molecule has 2 rings (SSSR count). The maximum atomic E-state index is 4.10. The van der Waals surface area contributed by atoms with E-state index in [0.29, 0.717) is 17.0 Å². The Balaban J connectivity index is 1.95. The van der Waals surface area contributed by atoms with Crippen LogP contribution in [0.3, 0.4) is 0 Å². The topological polar surface area (TPSA) is 79.4 Å². The van der Waals surface area contributed by atoms with Crippen LogP contribution < -0.4 is 5.32 Å². The van der Waals surface area contributed by atoms with Crippen molar-refractivity contribution in [2.75, 3.05) is 5.32 Å². The molecule has 0 atom stereocenters. The van der Waals surface area contributed by atoms with Gasteiger partial charge >= 0.3 is 0 Å². The predicted molar refractivity (Wildman–Crippen MR) is 53.4 cm³/mol. The predicted octanol–water partition coefficient (Wildman–Crippen LogP) is 0.969. The molecule has 0 saturated carbocycles. The maximum Gasteiger partial charge on any atom is 0.144 e. The van der Waals surface area contributed by atoms with Crippen molar-refractivity contribution in [1.82, 2.24) is 25.4 Å². The molecule has 0 amide bonds. The van der Waals surface area contributed by atoms with Crippen LogP contribution in [0.2, 0.25) is 0 Å². The second-order valence-electron chi connectivity index (χ2n) is 2.54. The Morgan fingerprint density at radius 1 is 1.29 bits per heavy atom. The van der Waals surface area contributed by atoms with E-state index in [9.17, 15) is 0 Å². The van der Waals surface area contributed by atoms with Crippen LogP contribution in [0.15, 0.2) is 23.2 Å². The number of hydrogen-bond donors (Lipinski definition) is 2. The van der Waals surface area contributed by atoms with Gasteiger partial charge in [-0.05, 0) is 15.9 Å². The first-order valence-electron chi connectivity index (χ1n) is 3.90. The zero-order chi connectivity index (χ0) is 9.80. The summed E-state index contributed by atoms with van der Waals surface area (Å²) in [6, 6.07) is 0. The lowest BCUT2D eigenvalue weighted by Gasteiger charge is -2.01. The first-order chi connectivity index (χ1) is 6.84. The van der Waals surface area contributed by atoms with E-state index in [1.54, 1.807) is 18.6 Å². The third kappa shape index (κ3) is 2.25. The van der Waals surface area contributed by atoms with Gasteiger partial charge in [-0.3, -0.25) is 0 Å². The number of aromatic nitrogens is 5. The minimum absolute atomic E-state index is 0.576. The van der Waals surface area contributed by atoms with E-state index in [0.717, 1.165) is 5.69 Å². The molecule has 2 aromatic heterocycles. The normalized spacial score (nSPS) is 10.1. The highest BCUT2D eigenvalue weighted by Gasteiger charge is 1.97. The summed E-state index contributed by atoms with van der Waals surface area (Å²) in [6.07, 6.45) is 4.93. The molecule has 0 aliphatic heterocycles. The van der Waals surface area contributed by atoms with E-state index in [1.165, 1.54) is 0 Å². The van der Waals surface area contributed by atoms with Crippen molar-refractivity contribution in [1.29, 1.82) is 0 Å². The zero-order valence-electron chi connectivity index (χ0n) is 7.11. The molecule has 72 valence electrons. The lowest BCUT2D eigenvalue weighted by Crippen LogP contribution is -2.01. The Labute approximate surface area is 88.3 Å². The SMILES string of the molecule is Brc1cnc(NCc2cn[nH]n2)cn1. The summed E-state index contributed by atoms with van der Waals surface area (Å²) in [6.45, 7) is 0.576. The highest BCUT2D eigenvalue weighted by Crippen LogP contribution is 2.06. The van der Waals surface area contributed by atoms with Gasteiger partial charge in [-0.15, -0.1) is 0 Å². The van der Waals surface area contributed by atoms with Crippen LogP contribution in [0.5, 0.6) is 0 Å². The van der Waals surface area contributed by atoms with Crippen LogP contribution in [0.4, 0.5) is 5.82 Å². The van der Waals surface area contributed by atoms with Crippen molar-refractivity contribution < 1.29 is 0 Å². The van der Waals surface area contributed by atoms with Crippen LogP contribution in [0, 0.1) is 0 Å². The number of halogens is 1. The average molecular weight is 255 g/mol. The summed E-state index contributed by atoms with van der Waals surface area (Å²) < 4.78 is 0.712.